The predicted octanol–water partition coefficient (Wildman–Crippen LogP) is 3.70. The molecular formula is C23H18N4O3. The van der Waals surface area contributed by atoms with Gasteiger partial charge in [0.25, 0.3) is 0 Å². The number of carbonyl (C=O) groups excluding carboxylic acids is 1. The van der Waals surface area contributed by atoms with Gasteiger partial charge in [-0.3, -0.25) is 4.79 Å². The second-order valence-electron chi connectivity index (χ2n) is 6.96. The molecule has 3 aromatic carbocycles. The van der Waals surface area contributed by atoms with Crippen molar-refractivity contribution in [2.75, 3.05) is 0 Å². The third-order valence-corrected chi connectivity index (χ3v) is 5.04. The molecule has 0 saturated heterocycles. The van der Waals surface area contributed by atoms with Crippen molar-refractivity contribution >= 4 is 5.97 Å². The van der Waals surface area contributed by atoms with Crippen LogP contribution in [0, 0.1) is 0 Å². The fourth-order valence-electron chi connectivity index (χ4n) is 3.59. The molecule has 0 radical (unpaired) electrons. The lowest BCUT2D eigenvalue weighted by molar-refractivity contribution is -0.146. The molecule has 7 nitrogen and oxygen atoms in total. The van der Waals surface area contributed by atoms with Crippen LogP contribution >= 0.6 is 0 Å². The number of hydrogen-bond donors (Lipinski definition) is 0. The zero-order chi connectivity index (χ0) is 20.3. The van der Waals surface area contributed by atoms with E-state index in [1.165, 1.54) is 0 Å². The molecule has 0 fully saturated rings. The Kier molecular flexibility index (Phi) is 4.69. The fraction of sp³-hybridized carbons (Fsp3) is 0.130. The van der Waals surface area contributed by atoms with Gasteiger partial charge in [0.1, 0.15) is 17.4 Å². The summed E-state index contributed by atoms with van der Waals surface area (Å²) in [5, 5.41) is 11.8. The average molecular weight is 398 g/mol. The summed E-state index contributed by atoms with van der Waals surface area (Å²) < 4.78 is 13.2. The minimum Gasteiger partial charge on any atom is -0.457 e. The monoisotopic (exact) mass is 398 g/mol. The van der Waals surface area contributed by atoms with Crippen LogP contribution < -0.4 is 4.74 Å². The molecule has 5 rings (SSSR count). The highest BCUT2D eigenvalue weighted by atomic mass is 16.5. The number of benzene rings is 3. The molecule has 7 heteroatoms. The fourth-order valence-corrected chi connectivity index (χ4v) is 3.59. The lowest BCUT2D eigenvalue weighted by Crippen LogP contribution is -2.22. The summed E-state index contributed by atoms with van der Waals surface area (Å²) >= 11 is 0. The molecule has 0 spiro atoms. The average Bonchev–Trinajstić information content (AvgIpc) is 3.23. The summed E-state index contributed by atoms with van der Waals surface area (Å²) in [5.74, 6) is 0.872. The zero-order valence-electron chi connectivity index (χ0n) is 16.0. The summed E-state index contributed by atoms with van der Waals surface area (Å²) in [7, 11) is 0. The molecule has 1 aliphatic heterocycles. The van der Waals surface area contributed by atoms with Crippen molar-refractivity contribution in [2.45, 2.75) is 19.1 Å². The summed E-state index contributed by atoms with van der Waals surface area (Å²) in [4.78, 5) is 13.1. The Labute approximate surface area is 172 Å². The Morgan fingerprint density at radius 1 is 0.900 bits per heavy atom. The molecule has 0 amide bonds. The maximum absolute atomic E-state index is 13.1. The SMILES string of the molecule is O=C(OCc1nnnn1Cc1ccccc1)C1c2ccccc2Oc2ccccc21. The van der Waals surface area contributed by atoms with Gasteiger partial charge >= 0.3 is 5.97 Å². The number of ether oxygens (including phenoxy) is 2. The number of carbonyl (C=O) groups is 1. The molecular weight excluding hydrogens is 380 g/mol. The number of nitrogens with zero attached hydrogens (tertiary/aromatic N) is 4. The quantitative estimate of drug-likeness (QED) is 0.477. The third kappa shape index (κ3) is 3.41. The van der Waals surface area contributed by atoms with Gasteiger partial charge in [0, 0.05) is 11.1 Å². The van der Waals surface area contributed by atoms with E-state index in [2.05, 4.69) is 15.5 Å². The largest absolute Gasteiger partial charge is 0.457 e. The van der Waals surface area contributed by atoms with Crippen LogP contribution in [0.1, 0.15) is 28.4 Å². The topological polar surface area (TPSA) is 79.1 Å². The van der Waals surface area contributed by atoms with Crippen LogP contribution in [-0.4, -0.2) is 26.2 Å². The van der Waals surface area contributed by atoms with Crippen molar-refractivity contribution in [3.8, 4) is 11.5 Å². The molecule has 0 atom stereocenters. The van der Waals surface area contributed by atoms with Gasteiger partial charge in [0.2, 0.25) is 0 Å². The smallest absolute Gasteiger partial charge is 0.318 e. The molecule has 30 heavy (non-hydrogen) atoms. The van der Waals surface area contributed by atoms with Crippen LogP contribution in [0.25, 0.3) is 0 Å². The van der Waals surface area contributed by atoms with Crippen LogP contribution in [0.15, 0.2) is 78.9 Å². The van der Waals surface area contributed by atoms with E-state index >= 15 is 0 Å². The van der Waals surface area contributed by atoms with E-state index in [0.717, 1.165) is 16.7 Å². The number of para-hydroxylation sites is 2. The maximum Gasteiger partial charge on any atom is 0.318 e. The van der Waals surface area contributed by atoms with Crippen LogP contribution in [-0.2, 0) is 22.7 Å². The van der Waals surface area contributed by atoms with Crippen molar-refractivity contribution in [2.24, 2.45) is 0 Å². The number of hydrogen-bond acceptors (Lipinski definition) is 6. The van der Waals surface area contributed by atoms with Gasteiger partial charge in [-0.05, 0) is 28.1 Å². The van der Waals surface area contributed by atoms with Crippen molar-refractivity contribution in [3.63, 3.8) is 0 Å². The van der Waals surface area contributed by atoms with Gasteiger partial charge in [0.15, 0.2) is 12.4 Å². The van der Waals surface area contributed by atoms with Crippen molar-refractivity contribution in [3.05, 3.63) is 101 Å². The zero-order valence-corrected chi connectivity index (χ0v) is 16.0. The van der Waals surface area contributed by atoms with E-state index < -0.39 is 5.92 Å². The molecule has 148 valence electrons. The molecule has 2 heterocycles. The lowest BCUT2D eigenvalue weighted by Gasteiger charge is -2.26. The van der Waals surface area contributed by atoms with Gasteiger partial charge in [-0.25, -0.2) is 4.68 Å². The predicted molar refractivity (Wildman–Crippen MR) is 108 cm³/mol. The van der Waals surface area contributed by atoms with Crippen molar-refractivity contribution in [1.82, 2.24) is 20.2 Å². The molecule has 1 aromatic heterocycles. The minimum absolute atomic E-state index is 0.0135. The summed E-state index contributed by atoms with van der Waals surface area (Å²) in [5.41, 5.74) is 2.62. The van der Waals surface area contributed by atoms with Crippen LogP contribution in [0.2, 0.25) is 0 Å². The summed E-state index contributed by atoms with van der Waals surface area (Å²) in [6, 6.07) is 24.9. The van der Waals surface area contributed by atoms with Crippen molar-refractivity contribution in [1.29, 1.82) is 0 Å². The van der Waals surface area contributed by atoms with Gasteiger partial charge in [-0.1, -0.05) is 66.7 Å². The normalized spacial score (nSPS) is 12.5. The van der Waals surface area contributed by atoms with Crippen LogP contribution in [0.5, 0.6) is 11.5 Å². The summed E-state index contributed by atoms with van der Waals surface area (Å²) in [6.45, 7) is 0.490. The number of aromatic nitrogens is 4. The van der Waals surface area contributed by atoms with Gasteiger partial charge in [-0.15, -0.1) is 5.10 Å². The van der Waals surface area contributed by atoms with Gasteiger partial charge in [-0.2, -0.15) is 0 Å². The van der Waals surface area contributed by atoms with E-state index in [1.807, 2.05) is 78.9 Å². The summed E-state index contributed by atoms with van der Waals surface area (Å²) in [6.07, 6.45) is 0. The first-order chi connectivity index (χ1) is 14.8. The number of tetrazole rings is 1. The van der Waals surface area contributed by atoms with Crippen molar-refractivity contribution < 1.29 is 14.3 Å². The van der Waals surface area contributed by atoms with Crippen LogP contribution in [0.3, 0.4) is 0 Å². The molecule has 0 aliphatic carbocycles. The Morgan fingerprint density at radius 2 is 1.53 bits per heavy atom. The number of rotatable bonds is 5. The van der Waals surface area contributed by atoms with Crippen LogP contribution in [0.4, 0.5) is 0 Å². The second kappa shape index (κ2) is 7.79. The Hall–Kier alpha value is -4.00. The van der Waals surface area contributed by atoms with E-state index in [-0.39, 0.29) is 12.6 Å². The van der Waals surface area contributed by atoms with E-state index in [4.69, 9.17) is 9.47 Å². The first kappa shape index (κ1) is 18.1. The van der Waals surface area contributed by atoms with Gasteiger partial charge < -0.3 is 9.47 Å². The first-order valence-electron chi connectivity index (χ1n) is 9.61. The Balaban J connectivity index is 1.37. The van der Waals surface area contributed by atoms with Gasteiger partial charge in [0.05, 0.1) is 6.54 Å². The highest BCUT2D eigenvalue weighted by molar-refractivity contribution is 5.85. The molecule has 0 bridgehead atoms. The molecule has 1 aliphatic rings. The van der Waals surface area contributed by atoms with E-state index in [1.54, 1.807) is 4.68 Å². The number of esters is 1. The second-order valence-corrected chi connectivity index (χ2v) is 6.96. The highest BCUT2D eigenvalue weighted by Gasteiger charge is 2.33. The molecule has 0 saturated carbocycles. The first-order valence-corrected chi connectivity index (χ1v) is 9.61. The molecule has 0 N–H and O–H groups in total. The lowest BCUT2D eigenvalue weighted by atomic mass is 9.88. The van der Waals surface area contributed by atoms with E-state index in [9.17, 15) is 4.79 Å². The van der Waals surface area contributed by atoms with E-state index in [0.29, 0.717) is 23.9 Å². The molecule has 0 unspecified atom stereocenters. The molecule has 4 aromatic rings. The maximum atomic E-state index is 13.1. The third-order valence-electron chi connectivity index (χ3n) is 5.04. The Morgan fingerprint density at radius 3 is 2.23 bits per heavy atom. The minimum atomic E-state index is -0.565. The standard InChI is InChI=1S/C23H18N4O3/c28-23(29-15-21-24-25-26-27(21)14-16-8-2-1-3-9-16)22-17-10-4-6-12-19(17)30-20-13-7-5-11-18(20)22/h1-13,22H,14-15H2. The Bertz CT molecular complexity index is 1140. The highest BCUT2D eigenvalue weighted by Crippen LogP contribution is 2.44. The number of fused-ring (bicyclic) bond motifs is 2.